The molecule has 0 aromatic heterocycles. The molecule has 1 aliphatic heterocycles. The maximum atomic E-state index is 12.7. The first-order chi connectivity index (χ1) is 12.1. The summed E-state index contributed by atoms with van der Waals surface area (Å²) in [7, 11) is 1.37. The van der Waals surface area contributed by atoms with Crippen molar-refractivity contribution in [3.8, 4) is 5.75 Å². The third-order valence-corrected chi connectivity index (χ3v) is 4.30. The Morgan fingerprint density at radius 3 is 2.23 bits per heavy atom. The Bertz CT molecular complexity index is 752. The number of hydrogen-bond acceptors (Lipinski definition) is 8. The molecule has 8 heteroatoms. The number of aliphatic hydroxyl groups excluding tert-OH is 2. The third-order valence-electron chi connectivity index (χ3n) is 4.30. The molecule has 3 N–H and O–H groups in total. The zero-order chi connectivity index (χ0) is 19.6. The second-order valence-corrected chi connectivity index (χ2v) is 5.96. The number of para-hydroxylation sites is 1. The summed E-state index contributed by atoms with van der Waals surface area (Å²) in [6, 6.07) is 6.24. The van der Waals surface area contributed by atoms with Crippen molar-refractivity contribution < 1.29 is 39.2 Å². The van der Waals surface area contributed by atoms with Crippen LogP contribution in [0, 0.1) is 0 Å². The Balaban J connectivity index is 2.46. The standard InChI is InChI=1S/C18H20O8/c1-9(19)18(24,10(2)20)17-16(23)12(21)8-14(26-17)15(22)11-6-4-5-7-13(11)25-3/h4-8,12,16-17,21,23-24H,1-3H3/t12-,16+,17+/m1/s1. The Morgan fingerprint density at radius 2 is 1.69 bits per heavy atom. The molecule has 1 heterocycles. The molecule has 3 atom stereocenters. The van der Waals surface area contributed by atoms with E-state index >= 15 is 0 Å². The number of hydrogen-bond donors (Lipinski definition) is 3. The highest BCUT2D eigenvalue weighted by atomic mass is 16.5. The molecule has 0 amide bonds. The maximum absolute atomic E-state index is 12.7. The van der Waals surface area contributed by atoms with Crippen LogP contribution in [0.5, 0.6) is 5.75 Å². The molecule has 1 aliphatic rings. The van der Waals surface area contributed by atoms with Gasteiger partial charge in [-0.2, -0.15) is 0 Å². The fourth-order valence-corrected chi connectivity index (χ4v) is 2.75. The molecule has 0 saturated heterocycles. The number of allylic oxidation sites excluding steroid dienone is 1. The number of methoxy groups -OCH3 is 1. The number of aliphatic hydroxyl groups is 3. The molecule has 0 bridgehead atoms. The predicted molar refractivity (Wildman–Crippen MR) is 88.6 cm³/mol. The van der Waals surface area contributed by atoms with Crippen LogP contribution in [0.1, 0.15) is 24.2 Å². The minimum Gasteiger partial charge on any atom is -0.496 e. The van der Waals surface area contributed by atoms with Crippen LogP contribution in [0.25, 0.3) is 0 Å². The molecule has 1 aromatic carbocycles. The fraction of sp³-hybridized carbons (Fsp3) is 0.389. The van der Waals surface area contributed by atoms with Gasteiger partial charge in [-0.15, -0.1) is 0 Å². The summed E-state index contributed by atoms with van der Waals surface area (Å²) >= 11 is 0. The van der Waals surface area contributed by atoms with Gasteiger partial charge in [0.1, 0.15) is 18.0 Å². The van der Waals surface area contributed by atoms with Crippen LogP contribution in [0.2, 0.25) is 0 Å². The largest absolute Gasteiger partial charge is 0.496 e. The van der Waals surface area contributed by atoms with Crippen molar-refractivity contribution in [3.63, 3.8) is 0 Å². The lowest BCUT2D eigenvalue weighted by atomic mass is 9.82. The second kappa shape index (κ2) is 7.36. The van der Waals surface area contributed by atoms with Crippen molar-refractivity contribution in [1.29, 1.82) is 0 Å². The molecule has 0 spiro atoms. The van der Waals surface area contributed by atoms with Gasteiger partial charge in [0, 0.05) is 0 Å². The first kappa shape index (κ1) is 19.8. The minimum absolute atomic E-state index is 0.109. The molecule has 26 heavy (non-hydrogen) atoms. The van der Waals surface area contributed by atoms with Crippen LogP contribution >= 0.6 is 0 Å². The van der Waals surface area contributed by atoms with E-state index in [-0.39, 0.29) is 11.3 Å². The monoisotopic (exact) mass is 364 g/mol. The zero-order valence-corrected chi connectivity index (χ0v) is 14.5. The van der Waals surface area contributed by atoms with Crippen molar-refractivity contribution in [1.82, 2.24) is 0 Å². The Labute approximate surface area is 149 Å². The number of Topliss-reactive ketones (excluding diaryl/α,β-unsaturated/α-hetero) is 3. The van der Waals surface area contributed by atoms with Crippen LogP contribution < -0.4 is 4.74 Å². The molecule has 2 rings (SSSR count). The number of carbonyl (C=O) groups excluding carboxylic acids is 3. The van der Waals surface area contributed by atoms with E-state index < -0.39 is 47.0 Å². The van der Waals surface area contributed by atoms with Crippen molar-refractivity contribution in [2.75, 3.05) is 7.11 Å². The van der Waals surface area contributed by atoms with Gasteiger partial charge in [-0.3, -0.25) is 14.4 Å². The van der Waals surface area contributed by atoms with Gasteiger partial charge < -0.3 is 24.8 Å². The number of carbonyl (C=O) groups is 3. The SMILES string of the molecule is COc1ccccc1C(=O)C1=C[C@@H](O)[C@H](O)[C@@H](C(O)(C(C)=O)C(C)=O)O1. The van der Waals surface area contributed by atoms with Crippen LogP contribution in [-0.2, 0) is 14.3 Å². The normalized spacial score (nSPS) is 22.8. The first-order valence-electron chi connectivity index (χ1n) is 7.81. The molecule has 0 fully saturated rings. The lowest BCUT2D eigenvalue weighted by Gasteiger charge is -2.39. The summed E-state index contributed by atoms with van der Waals surface area (Å²) in [5.74, 6) is -2.84. The number of rotatable bonds is 6. The van der Waals surface area contributed by atoms with E-state index in [0.29, 0.717) is 0 Å². The first-order valence-corrected chi connectivity index (χ1v) is 7.81. The highest BCUT2D eigenvalue weighted by Gasteiger charge is 2.54. The van der Waals surface area contributed by atoms with Gasteiger partial charge >= 0.3 is 0 Å². The maximum Gasteiger partial charge on any atom is 0.231 e. The molecule has 0 radical (unpaired) electrons. The highest BCUT2D eigenvalue weighted by Crippen LogP contribution is 2.31. The Kier molecular flexibility index (Phi) is 5.60. The Hall–Kier alpha value is -2.55. The van der Waals surface area contributed by atoms with Gasteiger partial charge in [-0.05, 0) is 32.1 Å². The fourth-order valence-electron chi connectivity index (χ4n) is 2.75. The van der Waals surface area contributed by atoms with Crippen LogP contribution in [0.15, 0.2) is 36.1 Å². The summed E-state index contributed by atoms with van der Waals surface area (Å²) in [6.07, 6.45) is -4.31. The average molecular weight is 364 g/mol. The van der Waals surface area contributed by atoms with Gasteiger partial charge in [0.25, 0.3) is 0 Å². The molecule has 140 valence electrons. The molecular weight excluding hydrogens is 344 g/mol. The van der Waals surface area contributed by atoms with E-state index in [0.717, 1.165) is 19.9 Å². The van der Waals surface area contributed by atoms with Crippen molar-refractivity contribution in [2.24, 2.45) is 0 Å². The number of benzene rings is 1. The van der Waals surface area contributed by atoms with Crippen molar-refractivity contribution >= 4 is 17.3 Å². The van der Waals surface area contributed by atoms with Gasteiger partial charge in [0.05, 0.1) is 12.7 Å². The van der Waals surface area contributed by atoms with Gasteiger partial charge in [-0.1, -0.05) is 12.1 Å². The molecule has 0 aliphatic carbocycles. The number of ketones is 3. The topological polar surface area (TPSA) is 130 Å². The summed E-state index contributed by atoms with van der Waals surface area (Å²) in [4.78, 5) is 36.4. The minimum atomic E-state index is -2.71. The lowest BCUT2D eigenvalue weighted by molar-refractivity contribution is -0.181. The zero-order valence-electron chi connectivity index (χ0n) is 14.5. The lowest BCUT2D eigenvalue weighted by Crippen LogP contribution is -2.63. The van der Waals surface area contributed by atoms with Gasteiger partial charge in [0.2, 0.25) is 11.4 Å². The molecule has 8 nitrogen and oxygen atoms in total. The van der Waals surface area contributed by atoms with E-state index in [1.165, 1.54) is 13.2 Å². The van der Waals surface area contributed by atoms with E-state index in [1.54, 1.807) is 18.2 Å². The molecule has 0 saturated carbocycles. The second-order valence-electron chi connectivity index (χ2n) is 5.96. The van der Waals surface area contributed by atoms with E-state index in [1.807, 2.05) is 0 Å². The smallest absolute Gasteiger partial charge is 0.231 e. The number of ether oxygens (including phenoxy) is 2. The van der Waals surface area contributed by atoms with E-state index in [2.05, 4.69) is 0 Å². The Morgan fingerprint density at radius 1 is 1.12 bits per heavy atom. The summed E-state index contributed by atoms with van der Waals surface area (Å²) < 4.78 is 10.4. The summed E-state index contributed by atoms with van der Waals surface area (Å²) in [5, 5.41) is 30.7. The average Bonchev–Trinajstić information content (AvgIpc) is 2.62. The quantitative estimate of drug-likeness (QED) is 0.467. The summed E-state index contributed by atoms with van der Waals surface area (Å²) in [5.41, 5.74) is -2.60. The van der Waals surface area contributed by atoms with Crippen molar-refractivity contribution in [3.05, 3.63) is 41.7 Å². The molecule has 0 unspecified atom stereocenters. The van der Waals surface area contributed by atoms with Gasteiger partial charge in [0.15, 0.2) is 23.4 Å². The third kappa shape index (κ3) is 3.26. The van der Waals surface area contributed by atoms with Crippen LogP contribution in [0.3, 0.4) is 0 Å². The predicted octanol–water partition coefficient (Wildman–Crippen LogP) is -0.209. The van der Waals surface area contributed by atoms with E-state index in [9.17, 15) is 29.7 Å². The van der Waals surface area contributed by atoms with Crippen molar-refractivity contribution in [2.45, 2.75) is 37.8 Å². The van der Waals surface area contributed by atoms with Crippen LogP contribution in [0.4, 0.5) is 0 Å². The highest BCUT2D eigenvalue weighted by molar-refractivity contribution is 6.11. The molecular formula is C18H20O8. The summed E-state index contributed by atoms with van der Waals surface area (Å²) in [6.45, 7) is 1.90. The van der Waals surface area contributed by atoms with E-state index in [4.69, 9.17) is 9.47 Å². The molecule has 1 aromatic rings. The van der Waals surface area contributed by atoms with Gasteiger partial charge in [-0.25, -0.2) is 0 Å². The van der Waals surface area contributed by atoms with Crippen LogP contribution in [-0.4, -0.2) is 63.7 Å².